The van der Waals surface area contributed by atoms with Gasteiger partial charge in [-0.25, -0.2) is 0 Å². The molecule has 0 bridgehead atoms. The second-order valence-corrected chi connectivity index (χ2v) is 2.27. The predicted octanol–water partition coefficient (Wildman–Crippen LogP) is 0.493. The third-order valence-corrected chi connectivity index (χ3v) is 1.65. The summed E-state index contributed by atoms with van der Waals surface area (Å²) < 4.78 is 0. The van der Waals surface area contributed by atoms with Crippen LogP contribution in [-0.2, 0) is 4.79 Å². The van der Waals surface area contributed by atoms with Crippen LogP contribution in [0.15, 0.2) is 11.6 Å². The van der Waals surface area contributed by atoms with Crippen molar-refractivity contribution in [2.75, 3.05) is 6.54 Å². The molecule has 9 heavy (non-hydrogen) atoms. The number of nitrogens with one attached hydrogen (secondary N) is 1. The summed E-state index contributed by atoms with van der Waals surface area (Å²) in [4.78, 5) is 10.2. The lowest BCUT2D eigenvalue weighted by Crippen LogP contribution is -2.21. The molecular formula is C7H11NO. The Morgan fingerprint density at radius 3 is 2.89 bits per heavy atom. The van der Waals surface area contributed by atoms with Gasteiger partial charge in [0.05, 0.1) is 6.04 Å². The van der Waals surface area contributed by atoms with E-state index in [9.17, 15) is 4.79 Å². The molecule has 0 amide bonds. The summed E-state index contributed by atoms with van der Waals surface area (Å²) in [5.74, 6) is 0. The quantitative estimate of drug-likeness (QED) is 0.408. The fourth-order valence-electron chi connectivity index (χ4n) is 1.01. The molecule has 1 atom stereocenters. The molecule has 0 aromatic heterocycles. The van der Waals surface area contributed by atoms with Crippen LogP contribution in [0.3, 0.4) is 0 Å². The topological polar surface area (TPSA) is 29.1 Å². The van der Waals surface area contributed by atoms with Gasteiger partial charge in [-0.15, -0.1) is 0 Å². The minimum atomic E-state index is 0.0798. The molecule has 0 aromatic carbocycles. The van der Waals surface area contributed by atoms with Crippen molar-refractivity contribution >= 4 is 6.29 Å². The maximum Gasteiger partial charge on any atom is 0.137 e. The Bertz CT molecular complexity index is 140. The van der Waals surface area contributed by atoms with E-state index in [2.05, 4.69) is 11.4 Å². The van der Waals surface area contributed by atoms with Gasteiger partial charge in [0.15, 0.2) is 0 Å². The second kappa shape index (κ2) is 2.78. The number of aldehydes is 1. The summed E-state index contributed by atoms with van der Waals surface area (Å²) in [5, 5.41) is 3.07. The molecule has 1 fully saturated rings. The molecular weight excluding hydrogens is 114 g/mol. The standard InChI is InChI=1S/C7H11NO/c1-2-6-3-7(5-9)8-4-6/h2,5,7-8H,3-4H2,1H3/b6-2+/t7-/m0/s1. The zero-order valence-corrected chi connectivity index (χ0v) is 5.55. The van der Waals surface area contributed by atoms with Gasteiger partial charge < -0.3 is 10.1 Å². The summed E-state index contributed by atoms with van der Waals surface area (Å²) in [5.41, 5.74) is 1.34. The van der Waals surface area contributed by atoms with Crippen molar-refractivity contribution in [2.24, 2.45) is 0 Å². The summed E-state index contributed by atoms with van der Waals surface area (Å²) in [7, 11) is 0. The number of rotatable bonds is 1. The summed E-state index contributed by atoms with van der Waals surface area (Å²) in [6.45, 7) is 2.89. The highest BCUT2D eigenvalue weighted by Crippen LogP contribution is 2.09. The van der Waals surface area contributed by atoms with Crippen LogP contribution in [0.5, 0.6) is 0 Å². The molecule has 1 rings (SSSR count). The molecule has 0 saturated carbocycles. The van der Waals surface area contributed by atoms with E-state index in [1.165, 1.54) is 5.57 Å². The van der Waals surface area contributed by atoms with E-state index in [1.54, 1.807) is 0 Å². The van der Waals surface area contributed by atoms with Gasteiger partial charge in [-0.1, -0.05) is 11.6 Å². The highest BCUT2D eigenvalue weighted by atomic mass is 16.1. The number of carbonyl (C=O) groups excluding carboxylic acids is 1. The number of allylic oxidation sites excluding steroid dienone is 1. The Hall–Kier alpha value is -0.630. The van der Waals surface area contributed by atoms with Crippen molar-refractivity contribution in [3.63, 3.8) is 0 Å². The van der Waals surface area contributed by atoms with Crippen molar-refractivity contribution in [3.05, 3.63) is 11.6 Å². The van der Waals surface area contributed by atoms with Crippen molar-refractivity contribution in [1.29, 1.82) is 0 Å². The maximum atomic E-state index is 10.2. The predicted molar refractivity (Wildman–Crippen MR) is 36.2 cm³/mol. The van der Waals surface area contributed by atoms with Crippen LogP contribution < -0.4 is 5.32 Å². The van der Waals surface area contributed by atoms with E-state index in [0.717, 1.165) is 19.3 Å². The molecule has 1 aliphatic rings. The summed E-state index contributed by atoms with van der Waals surface area (Å²) in [6, 6.07) is 0.0798. The number of carbonyl (C=O) groups is 1. The lowest BCUT2D eigenvalue weighted by molar-refractivity contribution is -0.109. The molecule has 1 heterocycles. The van der Waals surface area contributed by atoms with Gasteiger partial charge in [-0.3, -0.25) is 0 Å². The average molecular weight is 125 g/mol. The largest absolute Gasteiger partial charge is 0.304 e. The van der Waals surface area contributed by atoms with E-state index in [-0.39, 0.29) is 6.04 Å². The van der Waals surface area contributed by atoms with Crippen molar-refractivity contribution < 1.29 is 4.79 Å². The smallest absolute Gasteiger partial charge is 0.137 e. The first kappa shape index (κ1) is 6.49. The third-order valence-electron chi connectivity index (χ3n) is 1.65. The van der Waals surface area contributed by atoms with Crippen LogP contribution in [0, 0.1) is 0 Å². The van der Waals surface area contributed by atoms with Crippen LogP contribution in [0.2, 0.25) is 0 Å². The van der Waals surface area contributed by atoms with Gasteiger partial charge >= 0.3 is 0 Å². The average Bonchev–Trinajstić information content (AvgIpc) is 2.34. The van der Waals surface area contributed by atoms with Gasteiger partial charge in [-0.05, 0) is 13.3 Å². The van der Waals surface area contributed by atoms with Crippen LogP contribution in [0.1, 0.15) is 13.3 Å². The number of hydrogen-bond donors (Lipinski definition) is 1. The zero-order valence-electron chi connectivity index (χ0n) is 5.55. The Balaban J connectivity index is 2.46. The lowest BCUT2D eigenvalue weighted by atomic mass is 10.2. The second-order valence-electron chi connectivity index (χ2n) is 2.27. The highest BCUT2D eigenvalue weighted by molar-refractivity contribution is 5.59. The van der Waals surface area contributed by atoms with Gasteiger partial charge in [0, 0.05) is 6.54 Å². The van der Waals surface area contributed by atoms with E-state index in [4.69, 9.17) is 0 Å². The minimum absolute atomic E-state index is 0.0798. The van der Waals surface area contributed by atoms with Gasteiger partial charge in [0.1, 0.15) is 6.29 Å². The van der Waals surface area contributed by atoms with Crippen molar-refractivity contribution in [2.45, 2.75) is 19.4 Å². The molecule has 2 heteroatoms. The molecule has 0 spiro atoms. The van der Waals surface area contributed by atoms with E-state index >= 15 is 0 Å². The van der Waals surface area contributed by atoms with Crippen LogP contribution >= 0.6 is 0 Å². The Kier molecular flexibility index (Phi) is 2.01. The summed E-state index contributed by atoms with van der Waals surface area (Å²) in [6.07, 6.45) is 3.94. The minimum Gasteiger partial charge on any atom is -0.304 e. The molecule has 2 nitrogen and oxygen atoms in total. The van der Waals surface area contributed by atoms with E-state index < -0.39 is 0 Å². The summed E-state index contributed by atoms with van der Waals surface area (Å²) >= 11 is 0. The Morgan fingerprint density at radius 1 is 1.78 bits per heavy atom. The number of hydrogen-bond acceptors (Lipinski definition) is 2. The molecule has 0 unspecified atom stereocenters. The highest BCUT2D eigenvalue weighted by Gasteiger charge is 2.15. The Labute approximate surface area is 54.9 Å². The molecule has 1 aliphatic heterocycles. The van der Waals surface area contributed by atoms with Crippen molar-refractivity contribution in [3.8, 4) is 0 Å². The van der Waals surface area contributed by atoms with Gasteiger partial charge in [-0.2, -0.15) is 0 Å². The van der Waals surface area contributed by atoms with Crippen molar-refractivity contribution in [1.82, 2.24) is 5.32 Å². The zero-order chi connectivity index (χ0) is 6.69. The van der Waals surface area contributed by atoms with Crippen LogP contribution in [0.25, 0.3) is 0 Å². The fourth-order valence-corrected chi connectivity index (χ4v) is 1.01. The first-order valence-corrected chi connectivity index (χ1v) is 3.19. The fraction of sp³-hybridized carbons (Fsp3) is 0.571. The van der Waals surface area contributed by atoms with Gasteiger partial charge in [0.25, 0.3) is 0 Å². The lowest BCUT2D eigenvalue weighted by Gasteiger charge is -1.93. The monoisotopic (exact) mass is 125 g/mol. The van der Waals surface area contributed by atoms with Gasteiger partial charge in [0.2, 0.25) is 0 Å². The van der Waals surface area contributed by atoms with Crippen LogP contribution in [0.4, 0.5) is 0 Å². The SMILES string of the molecule is C/C=C1/CN[C@H](C=O)C1. The molecule has 1 saturated heterocycles. The Morgan fingerprint density at radius 2 is 2.56 bits per heavy atom. The first-order valence-electron chi connectivity index (χ1n) is 3.19. The molecule has 0 aromatic rings. The third kappa shape index (κ3) is 1.39. The van der Waals surface area contributed by atoms with E-state index in [0.29, 0.717) is 0 Å². The molecule has 1 N–H and O–H groups in total. The van der Waals surface area contributed by atoms with Crippen LogP contribution in [-0.4, -0.2) is 18.9 Å². The normalized spacial score (nSPS) is 31.2. The maximum absolute atomic E-state index is 10.2. The van der Waals surface area contributed by atoms with E-state index in [1.807, 2.05) is 6.92 Å². The first-order chi connectivity index (χ1) is 4.36. The molecule has 0 aliphatic carbocycles. The molecule has 0 radical (unpaired) electrons. The molecule has 50 valence electrons.